The number of rotatable bonds is 4. The van der Waals surface area contributed by atoms with Crippen molar-refractivity contribution in [3.05, 3.63) is 23.9 Å². The van der Waals surface area contributed by atoms with Crippen LogP contribution in [-0.4, -0.2) is 22.3 Å². The van der Waals surface area contributed by atoms with Crippen molar-refractivity contribution in [2.24, 2.45) is 5.41 Å². The molecule has 0 aliphatic rings. The smallest absolute Gasteiger partial charge is 0.251 e. The Labute approximate surface area is 126 Å². The Kier molecular flexibility index (Phi) is 5.10. The second kappa shape index (κ2) is 6.24. The van der Waals surface area contributed by atoms with Crippen LogP contribution in [0.5, 0.6) is 0 Å². The zero-order valence-electron chi connectivity index (χ0n) is 13.7. The van der Waals surface area contributed by atoms with Gasteiger partial charge in [0.15, 0.2) is 0 Å². The van der Waals surface area contributed by atoms with E-state index in [1.54, 1.807) is 12.1 Å². The average Bonchev–Trinajstić information content (AvgIpc) is 2.24. The molecule has 1 aromatic heterocycles. The molecule has 0 aliphatic heterocycles. The molecule has 0 radical (unpaired) electrons. The molecule has 5 nitrogen and oxygen atoms in total. The van der Waals surface area contributed by atoms with Crippen LogP contribution in [0.4, 0.5) is 5.82 Å². The van der Waals surface area contributed by atoms with Gasteiger partial charge in [-0.15, -0.1) is 0 Å². The van der Waals surface area contributed by atoms with Crippen LogP contribution in [0.25, 0.3) is 0 Å². The monoisotopic (exact) mass is 291 g/mol. The molecule has 0 atom stereocenters. The van der Waals surface area contributed by atoms with Crippen molar-refractivity contribution < 1.29 is 9.59 Å². The lowest BCUT2D eigenvalue weighted by atomic mass is 9.81. The zero-order valence-corrected chi connectivity index (χ0v) is 13.7. The molecule has 1 aromatic rings. The summed E-state index contributed by atoms with van der Waals surface area (Å²) in [4.78, 5) is 27.4. The Bertz CT molecular complexity index is 531. The van der Waals surface area contributed by atoms with Crippen molar-refractivity contribution in [2.75, 3.05) is 5.32 Å². The van der Waals surface area contributed by atoms with E-state index >= 15 is 0 Å². The van der Waals surface area contributed by atoms with Crippen LogP contribution < -0.4 is 10.6 Å². The fraction of sp³-hybridized carbons (Fsp3) is 0.562. The minimum Gasteiger partial charge on any atom is -0.347 e. The summed E-state index contributed by atoms with van der Waals surface area (Å²) in [6.07, 6.45) is 2.37. The molecule has 0 bridgehead atoms. The molecule has 0 saturated carbocycles. The van der Waals surface area contributed by atoms with Gasteiger partial charge in [0, 0.05) is 24.2 Å². The van der Waals surface area contributed by atoms with E-state index in [9.17, 15) is 9.59 Å². The zero-order chi connectivity index (χ0) is 16.3. The number of nitrogens with one attached hydrogen (secondary N) is 2. The number of hydrogen-bond donors (Lipinski definition) is 2. The van der Waals surface area contributed by atoms with Crippen LogP contribution in [0.3, 0.4) is 0 Å². The topological polar surface area (TPSA) is 71.1 Å². The summed E-state index contributed by atoms with van der Waals surface area (Å²) in [5.41, 5.74) is 0.291. The molecular formula is C16H25N3O2. The first-order chi connectivity index (χ1) is 9.48. The Morgan fingerprint density at radius 3 is 2.33 bits per heavy atom. The number of carbonyl (C=O) groups is 2. The SMILES string of the molecule is CC(=O)Nc1cc(C(=O)NC(C)(C)CC(C)(C)C)ccn1. The molecule has 21 heavy (non-hydrogen) atoms. The van der Waals surface area contributed by atoms with E-state index in [2.05, 4.69) is 36.4 Å². The second-order valence-electron chi connectivity index (χ2n) is 7.19. The van der Waals surface area contributed by atoms with Gasteiger partial charge in [-0.05, 0) is 37.8 Å². The van der Waals surface area contributed by atoms with Gasteiger partial charge in [0.1, 0.15) is 5.82 Å². The highest BCUT2D eigenvalue weighted by molar-refractivity contribution is 5.96. The third-order valence-electron chi connectivity index (χ3n) is 2.75. The van der Waals surface area contributed by atoms with Crippen LogP contribution >= 0.6 is 0 Å². The predicted octanol–water partition coefficient (Wildman–Crippen LogP) is 2.98. The number of pyridine rings is 1. The molecule has 5 heteroatoms. The van der Waals surface area contributed by atoms with Crippen LogP contribution in [0.15, 0.2) is 18.3 Å². The lowest BCUT2D eigenvalue weighted by Crippen LogP contribution is -2.45. The van der Waals surface area contributed by atoms with Crippen molar-refractivity contribution in [1.29, 1.82) is 0 Å². The third-order valence-corrected chi connectivity index (χ3v) is 2.75. The molecule has 116 valence electrons. The molecule has 0 aromatic carbocycles. The molecular weight excluding hydrogens is 266 g/mol. The maximum Gasteiger partial charge on any atom is 0.251 e. The Morgan fingerprint density at radius 1 is 1.19 bits per heavy atom. The molecule has 0 fully saturated rings. The van der Waals surface area contributed by atoms with Crippen LogP contribution in [0.2, 0.25) is 0 Å². The quantitative estimate of drug-likeness (QED) is 0.896. The Balaban J connectivity index is 2.82. The normalized spacial score (nSPS) is 11.9. The number of carbonyl (C=O) groups excluding carboxylic acids is 2. The van der Waals surface area contributed by atoms with E-state index in [0.29, 0.717) is 11.4 Å². The van der Waals surface area contributed by atoms with Crippen molar-refractivity contribution in [2.45, 2.75) is 53.5 Å². The number of aromatic nitrogens is 1. The highest BCUT2D eigenvalue weighted by Crippen LogP contribution is 2.27. The summed E-state index contributed by atoms with van der Waals surface area (Å²) < 4.78 is 0. The van der Waals surface area contributed by atoms with Gasteiger partial charge < -0.3 is 10.6 Å². The molecule has 0 unspecified atom stereocenters. The van der Waals surface area contributed by atoms with Gasteiger partial charge in [-0.2, -0.15) is 0 Å². The average molecular weight is 291 g/mol. The first kappa shape index (κ1) is 17.1. The minimum atomic E-state index is -0.313. The number of nitrogens with zero attached hydrogens (tertiary/aromatic N) is 1. The van der Waals surface area contributed by atoms with Gasteiger partial charge in [-0.25, -0.2) is 4.98 Å². The van der Waals surface area contributed by atoms with Crippen LogP contribution in [0.1, 0.15) is 58.3 Å². The lowest BCUT2D eigenvalue weighted by molar-refractivity contribution is -0.114. The summed E-state index contributed by atoms with van der Waals surface area (Å²) in [7, 11) is 0. The number of hydrogen-bond acceptors (Lipinski definition) is 3. The second-order valence-corrected chi connectivity index (χ2v) is 7.19. The summed E-state index contributed by atoms with van der Waals surface area (Å²) >= 11 is 0. The predicted molar refractivity (Wildman–Crippen MR) is 84.2 cm³/mol. The van der Waals surface area contributed by atoms with Gasteiger partial charge >= 0.3 is 0 Å². The first-order valence-electron chi connectivity index (χ1n) is 7.05. The van der Waals surface area contributed by atoms with Crippen molar-refractivity contribution in [1.82, 2.24) is 10.3 Å². The van der Waals surface area contributed by atoms with Crippen LogP contribution in [0, 0.1) is 5.41 Å². The Morgan fingerprint density at radius 2 is 1.81 bits per heavy atom. The van der Waals surface area contributed by atoms with Crippen molar-refractivity contribution >= 4 is 17.6 Å². The van der Waals surface area contributed by atoms with E-state index in [1.807, 2.05) is 13.8 Å². The third kappa shape index (κ3) is 6.38. The number of anilines is 1. The molecule has 2 amide bonds. The van der Waals surface area contributed by atoms with E-state index in [0.717, 1.165) is 6.42 Å². The van der Waals surface area contributed by atoms with E-state index in [1.165, 1.54) is 13.1 Å². The Hall–Kier alpha value is -1.91. The summed E-state index contributed by atoms with van der Waals surface area (Å²) in [6, 6.07) is 3.21. The van der Waals surface area contributed by atoms with Gasteiger partial charge in [0.05, 0.1) is 0 Å². The summed E-state index contributed by atoms with van der Waals surface area (Å²) in [6.45, 7) is 11.8. The van der Waals surface area contributed by atoms with E-state index in [-0.39, 0.29) is 22.8 Å². The van der Waals surface area contributed by atoms with Gasteiger partial charge in [0.25, 0.3) is 5.91 Å². The first-order valence-corrected chi connectivity index (χ1v) is 7.05. The molecule has 0 spiro atoms. The fourth-order valence-electron chi connectivity index (χ4n) is 2.57. The maximum atomic E-state index is 12.3. The molecule has 0 aliphatic carbocycles. The molecule has 1 rings (SSSR count). The van der Waals surface area contributed by atoms with Crippen LogP contribution in [-0.2, 0) is 4.79 Å². The molecule has 1 heterocycles. The van der Waals surface area contributed by atoms with Gasteiger partial charge in [-0.1, -0.05) is 20.8 Å². The highest BCUT2D eigenvalue weighted by atomic mass is 16.2. The van der Waals surface area contributed by atoms with E-state index < -0.39 is 0 Å². The van der Waals surface area contributed by atoms with Gasteiger partial charge in [0.2, 0.25) is 5.91 Å². The maximum absolute atomic E-state index is 12.3. The standard InChI is InChI=1S/C16H25N3O2/c1-11(20)18-13-9-12(7-8-17-13)14(21)19-16(5,6)10-15(2,3)4/h7-9H,10H2,1-6H3,(H,19,21)(H,17,18,20). The van der Waals surface area contributed by atoms with Crippen molar-refractivity contribution in [3.63, 3.8) is 0 Å². The van der Waals surface area contributed by atoms with Gasteiger partial charge in [-0.3, -0.25) is 9.59 Å². The summed E-state index contributed by atoms with van der Waals surface area (Å²) in [5, 5.41) is 5.60. The summed E-state index contributed by atoms with van der Waals surface area (Å²) in [5.74, 6) is -0.00449. The van der Waals surface area contributed by atoms with E-state index in [4.69, 9.17) is 0 Å². The molecule has 0 saturated heterocycles. The fourth-order valence-corrected chi connectivity index (χ4v) is 2.57. The minimum absolute atomic E-state index is 0.121. The number of amides is 2. The molecule has 2 N–H and O–H groups in total. The lowest BCUT2D eigenvalue weighted by Gasteiger charge is -2.33. The highest BCUT2D eigenvalue weighted by Gasteiger charge is 2.27. The largest absolute Gasteiger partial charge is 0.347 e. The van der Waals surface area contributed by atoms with Crippen molar-refractivity contribution in [3.8, 4) is 0 Å².